The van der Waals surface area contributed by atoms with Gasteiger partial charge in [-0.2, -0.15) is 0 Å². The largest absolute Gasteiger partial charge is 0.282 e. The Morgan fingerprint density at radius 2 is 2.11 bits per heavy atom. The van der Waals surface area contributed by atoms with Gasteiger partial charge < -0.3 is 0 Å². The molecule has 0 radical (unpaired) electrons. The van der Waals surface area contributed by atoms with Gasteiger partial charge in [-0.1, -0.05) is 31.2 Å². The van der Waals surface area contributed by atoms with Crippen LogP contribution < -0.4 is 0 Å². The van der Waals surface area contributed by atoms with Crippen LogP contribution in [0.3, 0.4) is 0 Å². The van der Waals surface area contributed by atoms with Crippen LogP contribution in [0.25, 0.3) is 0 Å². The molecule has 0 saturated carbocycles. The van der Waals surface area contributed by atoms with Gasteiger partial charge in [0.05, 0.1) is 5.71 Å². The minimum atomic E-state index is -0.0440. The fourth-order valence-corrected chi connectivity index (χ4v) is 1.70. The van der Waals surface area contributed by atoms with E-state index in [2.05, 4.69) is 31.8 Å². The third kappa shape index (κ3) is 5.26. The van der Waals surface area contributed by atoms with Crippen molar-refractivity contribution in [1.29, 1.82) is 0 Å². The molecule has 0 unspecified atom stereocenters. The van der Waals surface area contributed by atoms with Gasteiger partial charge in [-0.05, 0) is 44.4 Å². The molecule has 1 rings (SSSR count). The summed E-state index contributed by atoms with van der Waals surface area (Å²) in [5.41, 5.74) is 2.08. The first kappa shape index (κ1) is 14.6. The van der Waals surface area contributed by atoms with Crippen LogP contribution in [0.1, 0.15) is 40.0 Å². The van der Waals surface area contributed by atoms with Crippen molar-refractivity contribution in [3.8, 4) is 0 Å². The average Bonchev–Trinajstić information content (AvgIpc) is 2.34. The van der Waals surface area contributed by atoms with Gasteiger partial charge in [0.25, 0.3) is 0 Å². The Labute approximate surface area is 110 Å². The van der Waals surface area contributed by atoms with E-state index in [0.29, 0.717) is 6.42 Å². The lowest BCUT2D eigenvalue weighted by atomic mass is 9.99. The molecule has 1 nitrogen and oxygen atoms in total. The summed E-state index contributed by atoms with van der Waals surface area (Å²) in [4.78, 5) is 4.60. The highest BCUT2D eigenvalue weighted by atomic mass is 19.1. The van der Waals surface area contributed by atoms with Crippen molar-refractivity contribution in [2.24, 2.45) is 4.99 Å². The lowest BCUT2D eigenvalue weighted by molar-refractivity contribution is 0.585. The molecule has 0 fully saturated rings. The standard InChI is InChI=1S/C16H22FN/c1-4-5-6-7-8-16(18-13(2)3)14-9-11-15(17)12-10-14/h5-9,11,13H,4,10,12H2,1-3H3/b6-5-,8-7-,18-16?. The first-order valence-corrected chi connectivity index (χ1v) is 6.60. The Morgan fingerprint density at radius 1 is 1.33 bits per heavy atom. The highest BCUT2D eigenvalue weighted by molar-refractivity contribution is 6.08. The predicted octanol–water partition coefficient (Wildman–Crippen LogP) is 4.93. The SMILES string of the molecule is CC/C=C\C=C/C(=NC(C)C)C1=CC=C(F)CC1. The quantitative estimate of drug-likeness (QED) is 0.482. The van der Waals surface area contributed by atoms with Crippen molar-refractivity contribution in [1.82, 2.24) is 0 Å². The second-order valence-corrected chi connectivity index (χ2v) is 4.61. The Morgan fingerprint density at radius 3 is 2.67 bits per heavy atom. The van der Waals surface area contributed by atoms with Gasteiger partial charge in [0.2, 0.25) is 0 Å². The molecule has 0 bridgehead atoms. The summed E-state index contributed by atoms with van der Waals surface area (Å²) < 4.78 is 13.0. The highest BCUT2D eigenvalue weighted by Gasteiger charge is 2.09. The number of rotatable bonds is 5. The Kier molecular flexibility index (Phi) is 6.34. The second kappa shape index (κ2) is 7.80. The van der Waals surface area contributed by atoms with E-state index in [1.54, 1.807) is 6.08 Å². The van der Waals surface area contributed by atoms with E-state index in [-0.39, 0.29) is 11.9 Å². The fraction of sp³-hybridized carbons (Fsp3) is 0.438. The average molecular weight is 247 g/mol. The van der Waals surface area contributed by atoms with Gasteiger partial charge in [0, 0.05) is 12.5 Å². The van der Waals surface area contributed by atoms with Crippen LogP contribution in [0.15, 0.2) is 52.8 Å². The Balaban J connectivity index is 2.86. The van der Waals surface area contributed by atoms with Gasteiger partial charge in [-0.25, -0.2) is 4.39 Å². The lowest BCUT2D eigenvalue weighted by Gasteiger charge is -2.11. The van der Waals surface area contributed by atoms with Gasteiger partial charge in [0.15, 0.2) is 0 Å². The minimum Gasteiger partial charge on any atom is -0.282 e. The first-order valence-electron chi connectivity index (χ1n) is 6.60. The highest BCUT2D eigenvalue weighted by Crippen LogP contribution is 2.21. The summed E-state index contributed by atoms with van der Waals surface area (Å²) in [7, 11) is 0. The van der Waals surface area contributed by atoms with Crippen LogP contribution in [-0.2, 0) is 0 Å². The van der Waals surface area contributed by atoms with Gasteiger partial charge in [-0.15, -0.1) is 0 Å². The zero-order valence-electron chi connectivity index (χ0n) is 11.5. The minimum absolute atomic E-state index is 0.0440. The third-order valence-corrected chi connectivity index (χ3v) is 2.56. The number of hydrogen-bond donors (Lipinski definition) is 0. The topological polar surface area (TPSA) is 12.4 Å². The Bertz CT molecular complexity index is 409. The van der Waals surface area contributed by atoms with E-state index in [1.165, 1.54) is 0 Å². The van der Waals surface area contributed by atoms with Crippen molar-refractivity contribution in [2.45, 2.75) is 46.1 Å². The molecule has 0 spiro atoms. The molecule has 98 valence electrons. The number of hydrogen-bond acceptors (Lipinski definition) is 1. The lowest BCUT2D eigenvalue weighted by Crippen LogP contribution is -2.06. The van der Waals surface area contributed by atoms with Crippen LogP contribution in [-0.4, -0.2) is 11.8 Å². The van der Waals surface area contributed by atoms with Crippen molar-refractivity contribution in [3.63, 3.8) is 0 Å². The van der Waals surface area contributed by atoms with Gasteiger partial charge >= 0.3 is 0 Å². The van der Waals surface area contributed by atoms with Crippen LogP contribution >= 0.6 is 0 Å². The van der Waals surface area contributed by atoms with Crippen LogP contribution in [0.2, 0.25) is 0 Å². The molecule has 0 N–H and O–H groups in total. The van der Waals surface area contributed by atoms with Crippen molar-refractivity contribution in [3.05, 3.63) is 47.9 Å². The van der Waals surface area contributed by atoms with E-state index < -0.39 is 0 Å². The molecule has 0 aromatic heterocycles. The number of halogens is 1. The van der Waals surface area contributed by atoms with Crippen molar-refractivity contribution in [2.75, 3.05) is 0 Å². The first-order chi connectivity index (χ1) is 8.63. The maximum absolute atomic E-state index is 13.0. The molecule has 2 heteroatoms. The molecule has 0 aromatic carbocycles. The maximum Gasteiger partial charge on any atom is 0.100 e. The molecule has 0 saturated heterocycles. The molecule has 0 heterocycles. The second-order valence-electron chi connectivity index (χ2n) is 4.61. The summed E-state index contributed by atoms with van der Waals surface area (Å²) >= 11 is 0. The Hall–Kier alpha value is -1.44. The van der Waals surface area contributed by atoms with Crippen molar-refractivity contribution < 1.29 is 4.39 Å². The van der Waals surface area contributed by atoms with Gasteiger partial charge in [0.1, 0.15) is 5.83 Å². The molecular formula is C16H22FN. The smallest absolute Gasteiger partial charge is 0.100 e. The van der Waals surface area contributed by atoms with E-state index in [1.807, 2.05) is 24.3 Å². The molecule has 0 aliphatic heterocycles. The summed E-state index contributed by atoms with van der Waals surface area (Å²) in [5.74, 6) is -0.0440. The van der Waals surface area contributed by atoms with E-state index in [0.717, 1.165) is 24.1 Å². The molecular weight excluding hydrogens is 225 g/mol. The molecule has 0 amide bonds. The number of nitrogens with zero attached hydrogens (tertiary/aromatic N) is 1. The molecule has 1 aliphatic rings. The molecule has 0 atom stereocenters. The summed E-state index contributed by atoms with van der Waals surface area (Å²) in [6.45, 7) is 6.20. The molecule has 0 aromatic rings. The molecule has 18 heavy (non-hydrogen) atoms. The van der Waals surface area contributed by atoms with Gasteiger partial charge in [-0.3, -0.25) is 4.99 Å². The monoisotopic (exact) mass is 247 g/mol. The maximum atomic E-state index is 13.0. The number of aliphatic imine (C=N–C) groups is 1. The van der Waals surface area contributed by atoms with E-state index in [9.17, 15) is 4.39 Å². The fourth-order valence-electron chi connectivity index (χ4n) is 1.70. The third-order valence-electron chi connectivity index (χ3n) is 2.56. The normalized spacial score (nSPS) is 17.7. The summed E-state index contributed by atoms with van der Waals surface area (Å²) in [5, 5.41) is 0. The van der Waals surface area contributed by atoms with Crippen LogP contribution in [0.5, 0.6) is 0 Å². The van der Waals surface area contributed by atoms with E-state index >= 15 is 0 Å². The summed E-state index contributed by atoms with van der Waals surface area (Å²) in [6, 6.07) is 0.247. The predicted molar refractivity (Wildman–Crippen MR) is 77.7 cm³/mol. The molecule has 1 aliphatic carbocycles. The van der Waals surface area contributed by atoms with Crippen molar-refractivity contribution >= 4 is 5.71 Å². The van der Waals surface area contributed by atoms with Crippen LogP contribution in [0, 0.1) is 0 Å². The zero-order valence-corrected chi connectivity index (χ0v) is 11.5. The zero-order chi connectivity index (χ0) is 13.4. The number of allylic oxidation sites excluding steroid dienone is 8. The van der Waals surface area contributed by atoms with Crippen LogP contribution in [0.4, 0.5) is 4.39 Å². The van der Waals surface area contributed by atoms with E-state index in [4.69, 9.17) is 0 Å². The summed E-state index contributed by atoms with van der Waals surface area (Å²) in [6.07, 6.45) is 13.8.